The quantitative estimate of drug-likeness (QED) is 0.210. The highest BCUT2D eigenvalue weighted by molar-refractivity contribution is 5.93. The van der Waals surface area contributed by atoms with E-state index in [9.17, 15) is 4.79 Å². The lowest BCUT2D eigenvalue weighted by Gasteiger charge is -2.47. The van der Waals surface area contributed by atoms with Gasteiger partial charge in [0.05, 0.1) is 6.67 Å². The summed E-state index contributed by atoms with van der Waals surface area (Å²) in [5.74, 6) is 2.11. The average Bonchev–Trinajstić information content (AvgIpc) is 3.27. The predicted molar refractivity (Wildman–Crippen MR) is 178 cm³/mol. The summed E-state index contributed by atoms with van der Waals surface area (Å²) in [5, 5.41) is 3.24. The molecule has 1 amide bonds. The molecule has 0 atom stereocenters. The molecule has 0 radical (unpaired) electrons. The van der Waals surface area contributed by atoms with Crippen molar-refractivity contribution in [3.63, 3.8) is 0 Å². The van der Waals surface area contributed by atoms with Gasteiger partial charge in [-0.2, -0.15) is 0 Å². The minimum absolute atomic E-state index is 0.358. The van der Waals surface area contributed by atoms with Crippen molar-refractivity contribution in [2.45, 2.75) is 115 Å². The molecule has 1 aliphatic carbocycles. The minimum Gasteiger partial charge on any atom is -0.339 e. The summed E-state index contributed by atoms with van der Waals surface area (Å²) in [7, 11) is 4.31. The number of unbranched alkanes of at least 4 members (excludes halogenated alkanes) is 6. The maximum Gasteiger partial charge on any atom is 0.250 e. The molecule has 6 heteroatoms. The second-order valence-corrected chi connectivity index (χ2v) is 14.1. The molecule has 4 rings (SSSR count). The van der Waals surface area contributed by atoms with Crippen LogP contribution in [0.15, 0.2) is 30.3 Å². The molecule has 1 aromatic rings. The lowest BCUT2D eigenvalue weighted by Crippen LogP contribution is -2.58. The summed E-state index contributed by atoms with van der Waals surface area (Å²) >= 11 is 0. The normalized spacial score (nSPS) is 23.1. The van der Waals surface area contributed by atoms with Crippen molar-refractivity contribution in [3.05, 3.63) is 30.3 Å². The first kappa shape index (κ1) is 33.3. The first-order valence-electron chi connectivity index (χ1n) is 17.6. The van der Waals surface area contributed by atoms with E-state index in [0.717, 1.165) is 70.0 Å². The van der Waals surface area contributed by atoms with Crippen molar-refractivity contribution in [3.8, 4) is 0 Å². The molecule has 3 aliphatic rings. The highest BCUT2D eigenvalue weighted by atomic mass is 16.2. The maximum atomic E-state index is 14.1. The van der Waals surface area contributed by atoms with E-state index in [1.54, 1.807) is 0 Å². The van der Waals surface area contributed by atoms with Crippen LogP contribution in [-0.4, -0.2) is 92.2 Å². The molecule has 238 valence electrons. The van der Waals surface area contributed by atoms with E-state index in [0.29, 0.717) is 5.91 Å². The van der Waals surface area contributed by atoms with Crippen LogP contribution in [0.5, 0.6) is 0 Å². The zero-order valence-corrected chi connectivity index (χ0v) is 27.7. The Bertz CT molecular complexity index is 891. The summed E-state index contributed by atoms with van der Waals surface area (Å²) < 4.78 is 0. The van der Waals surface area contributed by atoms with Gasteiger partial charge in [-0.3, -0.25) is 4.79 Å². The van der Waals surface area contributed by atoms with Gasteiger partial charge in [0, 0.05) is 31.4 Å². The van der Waals surface area contributed by atoms with Gasteiger partial charge in [0.1, 0.15) is 5.54 Å². The number of hydrogen-bond donors (Lipinski definition) is 1. The molecule has 0 unspecified atom stereocenters. The highest BCUT2D eigenvalue weighted by Crippen LogP contribution is 2.41. The second kappa shape index (κ2) is 17.0. The van der Waals surface area contributed by atoms with Gasteiger partial charge in [0.2, 0.25) is 5.91 Å². The van der Waals surface area contributed by atoms with Crippen LogP contribution >= 0.6 is 0 Å². The van der Waals surface area contributed by atoms with Crippen LogP contribution in [0.4, 0.5) is 5.69 Å². The van der Waals surface area contributed by atoms with Gasteiger partial charge in [-0.05, 0) is 122 Å². The number of benzene rings is 1. The molecule has 6 nitrogen and oxygen atoms in total. The molecule has 0 bridgehead atoms. The van der Waals surface area contributed by atoms with Crippen LogP contribution in [0.3, 0.4) is 0 Å². The van der Waals surface area contributed by atoms with E-state index < -0.39 is 0 Å². The number of hydrogen-bond acceptors (Lipinski definition) is 5. The Hall–Kier alpha value is -1.63. The van der Waals surface area contributed by atoms with Gasteiger partial charge in [0.15, 0.2) is 0 Å². The predicted octanol–water partition coefficient (Wildman–Crippen LogP) is 6.61. The Kier molecular flexibility index (Phi) is 13.5. The zero-order valence-electron chi connectivity index (χ0n) is 27.7. The smallest absolute Gasteiger partial charge is 0.250 e. The van der Waals surface area contributed by atoms with E-state index in [2.05, 4.69) is 76.1 Å². The number of carbonyl (C=O) groups is 1. The van der Waals surface area contributed by atoms with E-state index in [4.69, 9.17) is 0 Å². The lowest BCUT2D eigenvalue weighted by atomic mass is 9.78. The molecule has 2 saturated heterocycles. The van der Waals surface area contributed by atoms with Crippen LogP contribution < -0.4 is 10.2 Å². The number of nitrogens with zero attached hydrogens (tertiary/aromatic N) is 4. The number of piperidine rings is 1. The van der Waals surface area contributed by atoms with Gasteiger partial charge >= 0.3 is 0 Å². The van der Waals surface area contributed by atoms with Gasteiger partial charge in [-0.25, -0.2) is 0 Å². The Morgan fingerprint density at radius 1 is 0.881 bits per heavy atom. The fourth-order valence-electron chi connectivity index (χ4n) is 7.95. The minimum atomic E-state index is -0.358. The van der Waals surface area contributed by atoms with Gasteiger partial charge in [-0.1, -0.05) is 57.7 Å². The highest BCUT2D eigenvalue weighted by Gasteiger charge is 2.54. The van der Waals surface area contributed by atoms with Crippen molar-refractivity contribution in [2.75, 3.05) is 64.9 Å². The van der Waals surface area contributed by atoms with Gasteiger partial charge in [-0.15, -0.1) is 0 Å². The number of likely N-dealkylation sites (tertiary alicyclic amines) is 1. The van der Waals surface area contributed by atoms with E-state index >= 15 is 0 Å². The van der Waals surface area contributed by atoms with Crippen molar-refractivity contribution in [1.82, 2.24) is 20.0 Å². The van der Waals surface area contributed by atoms with Crippen molar-refractivity contribution in [2.24, 2.45) is 11.8 Å². The summed E-state index contributed by atoms with van der Waals surface area (Å²) in [6.45, 7) is 12.1. The molecule has 2 heterocycles. The first-order chi connectivity index (χ1) is 20.4. The Balaban J connectivity index is 1.21. The maximum absolute atomic E-state index is 14.1. The number of nitrogens with one attached hydrogen (secondary N) is 1. The summed E-state index contributed by atoms with van der Waals surface area (Å²) in [6.07, 6.45) is 17.5. The lowest BCUT2D eigenvalue weighted by molar-refractivity contribution is -0.134. The number of para-hydroxylation sites is 1. The largest absolute Gasteiger partial charge is 0.339 e. The number of anilines is 1. The van der Waals surface area contributed by atoms with Crippen LogP contribution in [0, 0.1) is 11.8 Å². The summed E-state index contributed by atoms with van der Waals surface area (Å²) in [6, 6.07) is 11.5. The Morgan fingerprint density at radius 2 is 1.50 bits per heavy atom. The second-order valence-electron chi connectivity index (χ2n) is 14.1. The monoisotopic (exact) mass is 582 g/mol. The van der Waals surface area contributed by atoms with E-state index in [1.807, 2.05) is 7.05 Å². The summed E-state index contributed by atoms with van der Waals surface area (Å²) in [5.41, 5.74) is 0.854. The Morgan fingerprint density at radius 3 is 2.12 bits per heavy atom. The number of rotatable bonds is 17. The standard InChI is InChI=1S/C36H63N5O/c1-31(2)32-18-20-33(21-19-32)39-28-22-36(23-29-39)35(42)40(30-41(36)34-16-10-9-11-17-34)27-15-8-7-14-26-38(4)25-13-6-5-12-24-37-3/h9-11,16-17,31-33,37H,5-8,12-15,18-30H2,1-4H3. The fourth-order valence-corrected chi connectivity index (χ4v) is 7.95. The number of amides is 1. The average molecular weight is 582 g/mol. The van der Waals surface area contributed by atoms with Crippen LogP contribution in [0.25, 0.3) is 0 Å². The zero-order chi connectivity index (χ0) is 29.8. The molecular formula is C36H63N5O. The first-order valence-corrected chi connectivity index (χ1v) is 17.6. The van der Waals surface area contributed by atoms with Crippen LogP contribution in [0.1, 0.15) is 104 Å². The molecular weight excluding hydrogens is 518 g/mol. The molecule has 1 N–H and O–H groups in total. The molecule has 0 aromatic heterocycles. The summed E-state index contributed by atoms with van der Waals surface area (Å²) in [4.78, 5) is 24.0. The molecule has 42 heavy (non-hydrogen) atoms. The van der Waals surface area contributed by atoms with Crippen molar-refractivity contribution in [1.29, 1.82) is 0 Å². The van der Waals surface area contributed by atoms with Crippen LogP contribution in [-0.2, 0) is 4.79 Å². The third kappa shape index (κ3) is 8.95. The van der Waals surface area contributed by atoms with E-state index in [1.165, 1.54) is 89.4 Å². The van der Waals surface area contributed by atoms with E-state index in [-0.39, 0.29) is 5.54 Å². The molecule has 1 spiro atoms. The topological polar surface area (TPSA) is 42.1 Å². The van der Waals surface area contributed by atoms with Crippen molar-refractivity contribution < 1.29 is 4.79 Å². The molecule has 2 aliphatic heterocycles. The third-order valence-corrected chi connectivity index (χ3v) is 10.8. The van der Waals surface area contributed by atoms with Crippen molar-refractivity contribution >= 4 is 11.6 Å². The SMILES string of the molecule is CNCCCCCCN(C)CCCCCCN1CN(c2ccccc2)C2(CCN(C3CCC(C(C)C)CC3)CC2)C1=O. The molecule has 1 aromatic carbocycles. The van der Waals surface area contributed by atoms with Crippen LogP contribution in [0.2, 0.25) is 0 Å². The molecule has 3 fully saturated rings. The third-order valence-electron chi connectivity index (χ3n) is 10.8. The Labute approximate surface area is 258 Å². The van der Waals surface area contributed by atoms with Gasteiger partial charge in [0.25, 0.3) is 0 Å². The number of carbonyl (C=O) groups excluding carboxylic acids is 1. The fraction of sp³-hybridized carbons (Fsp3) is 0.806. The van der Waals surface area contributed by atoms with Gasteiger partial charge < -0.3 is 24.9 Å². The molecule has 1 saturated carbocycles.